The Morgan fingerprint density at radius 3 is 1.50 bits per heavy atom. The number of carboxylic acid groups (broad SMARTS) is 2. The number of hydrogen-bond donors (Lipinski definition) is 18. The van der Waals surface area contributed by atoms with Crippen molar-refractivity contribution in [3.63, 3.8) is 0 Å². The molecular weight excluding hydrogens is 906 g/mol. The number of carbonyl (C=O) groups excluding carboxylic acids is 3. The lowest BCUT2D eigenvalue weighted by Gasteiger charge is -2.51. The molecule has 4 aliphatic heterocycles. The molecule has 66 heavy (non-hydrogen) atoms. The third-order valence-electron chi connectivity index (χ3n) is 11.4. The number of hydrogen-bond acceptors (Lipinski definition) is 25. The Labute approximate surface area is 373 Å². The molecule has 30 nitrogen and oxygen atoms in total. The molecule has 380 valence electrons. The predicted molar refractivity (Wildman–Crippen MR) is 203 cm³/mol. The molecule has 0 spiro atoms. The molecule has 4 heterocycles. The van der Waals surface area contributed by atoms with Crippen molar-refractivity contribution >= 4 is 29.7 Å². The van der Waals surface area contributed by atoms with E-state index in [4.69, 9.17) is 33.2 Å². The van der Waals surface area contributed by atoms with Crippen molar-refractivity contribution in [1.82, 2.24) is 16.0 Å². The summed E-state index contributed by atoms with van der Waals surface area (Å²) >= 11 is 0. The number of rotatable bonds is 19. The fraction of sp³-hybridized carbons (Fsp3) is 0.861. The average molecular weight is 966 g/mol. The number of ether oxygens (including phenoxy) is 7. The van der Waals surface area contributed by atoms with E-state index in [9.17, 15) is 101 Å². The van der Waals surface area contributed by atoms with Crippen LogP contribution in [0.1, 0.15) is 33.6 Å². The van der Waals surface area contributed by atoms with Crippen molar-refractivity contribution in [2.45, 2.75) is 167 Å². The lowest BCUT2D eigenvalue weighted by molar-refractivity contribution is -0.382. The number of aliphatic hydroxyl groups excluding tert-OH is 13. The molecule has 0 saturated carbocycles. The minimum absolute atomic E-state index is 0.790. The predicted octanol–water partition coefficient (Wildman–Crippen LogP) is -10.9. The maximum Gasteiger partial charge on any atom is 0.364 e. The van der Waals surface area contributed by atoms with Crippen LogP contribution in [0.4, 0.5) is 0 Å². The molecule has 18 N–H and O–H groups in total. The summed E-state index contributed by atoms with van der Waals surface area (Å²) in [4.78, 5) is 61.8. The van der Waals surface area contributed by atoms with Crippen LogP contribution in [-0.2, 0) is 57.1 Å². The number of carbonyl (C=O) groups is 5. The second-order valence-corrected chi connectivity index (χ2v) is 16.2. The van der Waals surface area contributed by atoms with Gasteiger partial charge in [0.2, 0.25) is 17.7 Å². The molecule has 0 aromatic carbocycles. The van der Waals surface area contributed by atoms with Crippen molar-refractivity contribution in [1.29, 1.82) is 0 Å². The monoisotopic (exact) mass is 965 g/mol. The fourth-order valence-corrected chi connectivity index (χ4v) is 8.04. The number of aliphatic hydroxyl groups is 13. The summed E-state index contributed by atoms with van der Waals surface area (Å²) in [6.07, 6.45) is -38.0. The summed E-state index contributed by atoms with van der Waals surface area (Å²) in [6.45, 7) is -1.53. The molecule has 4 aliphatic rings. The van der Waals surface area contributed by atoms with Crippen LogP contribution < -0.4 is 16.0 Å². The van der Waals surface area contributed by atoms with Crippen molar-refractivity contribution < 1.29 is 134 Å². The maximum atomic E-state index is 12.9. The summed E-state index contributed by atoms with van der Waals surface area (Å²) in [5.74, 6) is -12.7. The first-order valence-corrected chi connectivity index (χ1v) is 20.3. The van der Waals surface area contributed by atoms with Gasteiger partial charge in [0.05, 0.1) is 50.7 Å². The van der Waals surface area contributed by atoms with Gasteiger partial charge in [-0.3, -0.25) is 14.4 Å². The van der Waals surface area contributed by atoms with Gasteiger partial charge in [0, 0.05) is 33.6 Å². The standard InChI is InChI=1S/C36H59N3O27/c1-10(43)37-19-13(46)4-35(33(56)57,64-28(19)22(50)15(48)6-40)60-9-18-25(53)27(21(31(55)61-18)39-12(3)45)63-32-26(54)30(24(52)17(8-42)62-32)66-36(34(58)59)5-14(47)20(38-11(2)44)29(65-36)23(51)16(49)7-41/h13-32,40-42,46-55H,4-9H2,1-3H3,(H,37,43)(H,38,44)(H,39,45)(H,56,57)(H,58,59)/t13-,14-,15+,16+,17+,18+,19+,20+,21+,22+,23+,24-,25-,26+,27+,28+,29+,30-,31+,32-,35+,36-/m0/s1. The molecule has 3 amide bonds. The summed E-state index contributed by atoms with van der Waals surface area (Å²) in [5.41, 5.74) is 0. The maximum absolute atomic E-state index is 12.9. The Hall–Kier alpha value is -3.45. The van der Waals surface area contributed by atoms with E-state index in [1.807, 2.05) is 0 Å². The summed E-state index contributed by atoms with van der Waals surface area (Å²) in [7, 11) is 0. The second-order valence-electron chi connectivity index (χ2n) is 16.2. The Morgan fingerprint density at radius 2 is 1.06 bits per heavy atom. The minimum Gasteiger partial charge on any atom is -0.477 e. The molecule has 0 aliphatic carbocycles. The topological polar surface area (TPSA) is 490 Å². The van der Waals surface area contributed by atoms with E-state index in [1.165, 1.54) is 0 Å². The largest absolute Gasteiger partial charge is 0.477 e. The molecule has 0 radical (unpaired) electrons. The first kappa shape index (κ1) is 55.1. The van der Waals surface area contributed by atoms with E-state index < -0.39 is 203 Å². The molecule has 0 unspecified atom stereocenters. The summed E-state index contributed by atoms with van der Waals surface area (Å²) < 4.78 is 39.1. The second kappa shape index (κ2) is 22.8. The van der Waals surface area contributed by atoms with E-state index in [-0.39, 0.29) is 0 Å². The van der Waals surface area contributed by atoms with Crippen LogP contribution in [-0.4, -0.2) is 267 Å². The van der Waals surface area contributed by atoms with Gasteiger partial charge < -0.3 is 126 Å². The number of carboxylic acids is 2. The highest BCUT2D eigenvalue weighted by Gasteiger charge is 2.61. The number of aliphatic carboxylic acids is 2. The molecule has 0 aromatic heterocycles. The fourth-order valence-electron chi connectivity index (χ4n) is 8.04. The molecular formula is C36H59N3O27. The van der Waals surface area contributed by atoms with E-state index in [0.29, 0.717) is 0 Å². The highest BCUT2D eigenvalue weighted by Crippen LogP contribution is 2.39. The zero-order valence-corrected chi connectivity index (χ0v) is 35.4. The number of nitrogens with one attached hydrogen (secondary N) is 3. The first-order valence-electron chi connectivity index (χ1n) is 20.3. The third kappa shape index (κ3) is 12.0. The average Bonchev–Trinajstić information content (AvgIpc) is 3.24. The SMILES string of the molecule is CC(=O)N[C@@H]1[C@@H](O[C@@H]2O[C@H](CO)[C@H](O)[C@H](O[C@]3(C(=O)O)C[C@H](O)[C@@H](NC(C)=O)[C@H]([C@H](O)[C@H](O)CO)O3)[C@H]2O)[C@@H](O)[C@@H](CO[C@]2(C(=O)O)C[C@H](O)[C@@H](NC(C)=O)[C@H]([C@H](O)[C@H](O)CO)O2)O[C@H]1O. The van der Waals surface area contributed by atoms with Crippen molar-refractivity contribution in [3.8, 4) is 0 Å². The van der Waals surface area contributed by atoms with Crippen LogP contribution in [0.15, 0.2) is 0 Å². The van der Waals surface area contributed by atoms with Crippen LogP contribution in [0.5, 0.6) is 0 Å². The van der Waals surface area contributed by atoms with E-state index >= 15 is 0 Å². The van der Waals surface area contributed by atoms with Crippen molar-refractivity contribution in [3.05, 3.63) is 0 Å². The lowest BCUT2D eigenvalue weighted by atomic mass is 9.88. The molecule has 0 bridgehead atoms. The zero-order valence-electron chi connectivity index (χ0n) is 35.4. The lowest BCUT2D eigenvalue weighted by Crippen LogP contribution is -2.71. The van der Waals surface area contributed by atoms with Gasteiger partial charge in [-0.1, -0.05) is 0 Å². The van der Waals surface area contributed by atoms with E-state index in [1.54, 1.807) is 0 Å². The van der Waals surface area contributed by atoms with Gasteiger partial charge >= 0.3 is 11.9 Å². The molecule has 4 fully saturated rings. The van der Waals surface area contributed by atoms with Gasteiger partial charge in [-0.25, -0.2) is 9.59 Å². The first-order chi connectivity index (χ1) is 30.8. The zero-order chi connectivity index (χ0) is 49.7. The molecule has 22 atom stereocenters. The van der Waals surface area contributed by atoms with Crippen molar-refractivity contribution in [2.24, 2.45) is 0 Å². The molecule has 4 saturated heterocycles. The van der Waals surface area contributed by atoms with Crippen molar-refractivity contribution in [2.75, 3.05) is 26.4 Å². The minimum atomic E-state index is -3.19. The van der Waals surface area contributed by atoms with E-state index in [2.05, 4.69) is 16.0 Å². The Kier molecular flexibility index (Phi) is 19.0. The number of amides is 3. The molecule has 4 rings (SSSR count). The highest BCUT2D eigenvalue weighted by molar-refractivity contribution is 5.77. The Morgan fingerprint density at radius 1 is 0.621 bits per heavy atom. The van der Waals surface area contributed by atoms with Gasteiger partial charge in [-0.15, -0.1) is 0 Å². The smallest absolute Gasteiger partial charge is 0.364 e. The summed E-state index contributed by atoms with van der Waals surface area (Å²) in [5, 5.41) is 166. The van der Waals surface area contributed by atoms with E-state index in [0.717, 1.165) is 20.8 Å². The van der Waals surface area contributed by atoms with Crippen LogP contribution in [0.2, 0.25) is 0 Å². The highest BCUT2D eigenvalue weighted by atomic mass is 16.8. The van der Waals surface area contributed by atoms with Gasteiger partial charge in [0.1, 0.15) is 85.4 Å². The Bertz CT molecular complexity index is 1680. The van der Waals surface area contributed by atoms with Gasteiger partial charge in [0.15, 0.2) is 12.6 Å². The Balaban J connectivity index is 1.66. The van der Waals surface area contributed by atoms with Crippen LogP contribution in [0.3, 0.4) is 0 Å². The molecule has 0 aromatic rings. The van der Waals surface area contributed by atoms with Gasteiger partial charge in [-0.2, -0.15) is 0 Å². The van der Waals surface area contributed by atoms with Gasteiger partial charge in [-0.05, 0) is 0 Å². The van der Waals surface area contributed by atoms with Crippen LogP contribution >= 0.6 is 0 Å². The van der Waals surface area contributed by atoms with Crippen LogP contribution in [0, 0.1) is 0 Å². The van der Waals surface area contributed by atoms with Gasteiger partial charge in [0.25, 0.3) is 11.6 Å². The quantitative estimate of drug-likeness (QED) is 0.0571. The van der Waals surface area contributed by atoms with Crippen LogP contribution in [0.25, 0.3) is 0 Å². The molecule has 30 heteroatoms. The summed E-state index contributed by atoms with van der Waals surface area (Å²) in [6, 6.07) is -5.07. The normalized spacial score (nSPS) is 41.4. The third-order valence-corrected chi connectivity index (χ3v) is 11.4.